The standard InChI is InChI=1S/C27H34N2O4/c1-3-31-26(30)27(16-9-17-32-27)18-21-14-15-23(28-19-21)12-7-8-13-24-20(2)33-25(29-24)22-10-5-4-6-11-22/h4-6,10-11,14-15,19,25,29H,3,7-9,12-13,16-18H2,1-2H3. The quantitative estimate of drug-likeness (QED) is 0.406. The lowest BCUT2D eigenvalue weighted by molar-refractivity contribution is -0.166. The zero-order valence-electron chi connectivity index (χ0n) is 19.6. The molecule has 0 bridgehead atoms. The lowest BCUT2D eigenvalue weighted by Gasteiger charge is -2.25. The van der Waals surface area contributed by atoms with Crippen LogP contribution in [0.4, 0.5) is 0 Å². The van der Waals surface area contributed by atoms with E-state index >= 15 is 0 Å². The number of pyridine rings is 1. The van der Waals surface area contributed by atoms with E-state index in [1.165, 1.54) is 5.70 Å². The molecule has 2 aromatic rings. The van der Waals surface area contributed by atoms with E-state index in [0.29, 0.717) is 26.1 Å². The molecule has 1 saturated heterocycles. The van der Waals surface area contributed by atoms with Gasteiger partial charge < -0.3 is 19.5 Å². The van der Waals surface area contributed by atoms with Crippen molar-refractivity contribution in [2.24, 2.45) is 0 Å². The monoisotopic (exact) mass is 450 g/mol. The molecular weight excluding hydrogens is 416 g/mol. The van der Waals surface area contributed by atoms with Crippen LogP contribution in [0.5, 0.6) is 0 Å². The van der Waals surface area contributed by atoms with Crippen LogP contribution in [0.2, 0.25) is 0 Å². The summed E-state index contributed by atoms with van der Waals surface area (Å²) in [5, 5.41) is 3.51. The van der Waals surface area contributed by atoms with Gasteiger partial charge in [-0.05, 0) is 64.0 Å². The highest BCUT2D eigenvalue weighted by Crippen LogP contribution is 2.31. The minimum Gasteiger partial charge on any atom is -0.469 e. The van der Waals surface area contributed by atoms with Gasteiger partial charge in [0.15, 0.2) is 11.8 Å². The van der Waals surface area contributed by atoms with Gasteiger partial charge in [0.2, 0.25) is 0 Å². The van der Waals surface area contributed by atoms with Crippen molar-refractivity contribution in [1.82, 2.24) is 10.3 Å². The van der Waals surface area contributed by atoms with Crippen LogP contribution in [-0.2, 0) is 31.8 Å². The first-order valence-corrected chi connectivity index (χ1v) is 12.0. The van der Waals surface area contributed by atoms with Gasteiger partial charge in [-0.3, -0.25) is 4.98 Å². The summed E-state index contributed by atoms with van der Waals surface area (Å²) >= 11 is 0. The van der Waals surface area contributed by atoms with E-state index < -0.39 is 5.60 Å². The van der Waals surface area contributed by atoms with E-state index in [1.54, 1.807) is 0 Å². The summed E-state index contributed by atoms with van der Waals surface area (Å²) < 4.78 is 17.1. The number of hydrogen-bond donors (Lipinski definition) is 1. The molecule has 0 aliphatic carbocycles. The first-order valence-electron chi connectivity index (χ1n) is 12.0. The van der Waals surface area contributed by atoms with E-state index in [1.807, 2.05) is 38.2 Å². The molecule has 2 atom stereocenters. The Balaban J connectivity index is 1.23. The largest absolute Gasteiger partial charge is 0.469 e. The number of unbranched alkanes of at least 4 members (excludes halogenated alkanes) is 1. The van der Waals surface area contributed by atoms with Crippen molar-refractivity contribution in [1.29, 1.82) is 0 Å². The van der Waals surface area contributed by atoms with Crippen molar-refractivity contribution >= 4 is 5.97 Å². The van der Waals surface area contributed by atoms with Gasteiger partial charge >= 0.3 is 5.97 Å². The van der Waals surface area contributed by atoms with Gasteiger partial charge in [0.05, 0.1) is 12.3 Å². The Kier molecular flexibility index (Phi) is 7.65. The van der Waals surface area contributed by atoms with E-state index in [9.17, 15) is 4.79 Å². The molecule has 2 unspecified atom stereocenters. The molecule has 6 heteroatoms. The normalized spacial score (nSPS) is 22.2. The number of aryl methyl sites for hydroxylation is 1. The predicted octanol–water partition coefficient (Wildman–Crippen LogP) is 5.00. The summed E-state index contributed by atoms with van der Waals surface area (Å²) in [5.41, 5.74) is 3.56. The lowest BCUT2D eigenvalue weighted by Crippen LogP contribution is -2.41. The second kappa shape index (κ2) is 10.8. The van der Waals surface area contributed by atoms with Crippen molar-refractivity contribution in [3.8, 4) is 0 Å². The molecule has 2 aliphatic rings. The third-order valence-corrected chi connectivity index (χ3v) is 6.36. The number of nitrogens with zero attached hydrogens (tertiary/aromatic N) is 1. The zero-order valence-corrected chi connectivity index (χ0v) is 19.6. The Bertz CT molecular complexity index is 950. The fourth-order valence-corrected chi connectivity index (χ4v) is 4.54. The predicted molar refractivity (Wildman–Crippen MR) is 126 cm³/mol. The molecule has 1 aromatic carbocycles. The number of hydrogen-bond acceptors (Lipinski definition) is 6. The summed E-state index contributed by atoms with van der Waals surface area (Å²) in [6.45, 7) is 4.83. The number of carbonyl (C=O) groups excluding carboxylic acids is 1. The number of aromatic nitrogens is 1. The highest BCUT2D eigenvalue weighted by molar-refractivity contribution is 5.80. The second-order valence-electron chi connectivity index (χ2n) is 8.80. The van der Waals surface area contributed by atoms with Crippen LogP contribution in [-0.4, -0.2) is 29.8 Å². The SMILES string of the molecule is CCOC(=O)C1(Cc2ccc(CCCCC3=C(C)OC(c4ccccc4)N3)nc2)CCCO1. The van der Waals surface area contributed by atoms with Crippen molar-refractivity contribution in [3.05, 3.63) is 76.9 Å². The van der Waals surface area contributed by atoms with Gasteiger partial charge in [0, 0.05) is 30.5 Å². The summed E-state index contributed by atoms with van der Waals surface area (Å²) in [6, 6.07) is 14.4. The average molecular weight is 451 g/mol. The number of nitrogens with one attached hydrogen (secondary N) is 1. The fourth-order valence-electron chi connectivity index (χ4n) is 4.54. The summed E-state index contributed by atoms with van der Waals surface area (Å²) in [7, 11) is 0. The minimum absolute atomic E-state index is 0.0860. The van der Waals surface area contributed by atoms with E-state index in [4.69, 9.17) is 14.2 Å². The van der Waals surface area contributed by atoms with Crippen LogP contribution in [0.1, 0.15) is 69.0 Å². The first kappa shape index (κ1) is 23.3. The minimum atomic E-state index is -0.848. The molecule has 176 valence electrons. The Morgan fingerprint density at radius 2 is 2.00 bits per heavy atom. The zero-order chi connectivity index (χ0) is 23.1. The van der Waals surface area contributed by atoms with Crippen LogP contribution in [0.25, 0.3) is 0 Å². The van der Waals surface area contributed by atoms with Gasteiger partial charge in [-0.2, -0.15) is 0 Å². The molecule has 33 heavy (non-hydrogen) atoms. The smallest absolute Gasteiger partial charge is 0.338 e. The summed E-state index contributed by atoms with van der Waals surface area (Å²) in [4.78, 5) is 17.1. The highest BCUT2D eigenvalue weighted by atomic mass is 16.6. The van der Waals surface area contributed by atoms with E-state index in [-0.39, 0.29) is 12.2 Å². The molecule has 1 fully saturated rings. The molecule has 1 aromatic heterocycles. The van der Waals surface area contributed by atoms with Gasteiger partial charge in [0.1, 0.15) is 5.76 Å². The van der Waals surface area contributed by atoms with Gasteiger partial charge in [-0.25, -0.2) is 4.79 Å². The molecule has 1 N–H and O–H groups in total. The van der Waals surface area contributed by atoms with Crippen molar-refractivity contribution in [3.63, 3.8) is 0 Å². The maximum Gasteiger partial charge on any atom is 0.338 e. The number of rotatable bonds is 10. The van der Waals surface area contributed by atoms with Crippen LogP contribution >= 0.6 is 0 Å². The Labute approximate surface area is 196 Å². The van der Waals surface area contributed by atoms with Crippen LogP contribution < -0.4 is 5.32 Å². The summed E-state index contributed by atoms with van der Waals surface area (Å²) in [6.07, 6.45) is 7.89. The first-order chi connectivity index (χ1) is 16.1. The lowest BCUT2D eigenvalue weighted by atomic mass is 9.92. The van der Waals surface area contributed by atoms with Gasteiger partial charge in [0.25, 0.3) is 0 Å². The number of allylic oxidation sites excluding steroid dienone is 2. The Morgan fingerprint density at radius 3 is 2.70 bits per heavy atom. The molecule has 6 nitrogen and oxygen atoms in total. The average Bonchev–Trinajstić information content (AvgIpc) is 3.46. The number of benzene rings is 1. The van der Waals surface area contributed by atoms with Gasteiger partial charge in [-0.1, -0.05) is 36.4 Å². The maximum atomic E-state index is 12.5. The Hall–Kier alpha value is -2.86. The van der Waals surface area contributed by atoms with Gasteiger partial charge in [-0.15, -0.1) is 0 Å². The number of esters is 1. The highest BCUT2D eigenvalue weighted by Gasteiger charge is 2.44. The topological polar surface area (TPSA) is 69.7 Å². The van der Waals surface area contributed by atoms with E-state index in [0.717, 1.165) is 54.7 Å². The van der Waals surface area contributed by atoms with Crippen molar-refractivity contribution < 1.29 is 19.0 Å². The third-order valence-electron chi connectivity index (χ3n) is 6.36. The maximum absolute atomic E-state index is 12.5. The van der Waals surface area contributed by atoms with Crippen LogP contribution in [0.15, 0.2) is 60.1 Å². The molecule has 4 rings (SSSR count). The molecule has 2 aliphatic heterocycles. The molecule has 0 saturated carbocycles. The molecule has 0 amide bonds. The number of carbonyl (C=O) groups is 1. The fraction of sp³-hybridized carbons (Fsp3) is 0.481. The van der Waals surface area contributed by atoms with Crippen molar-refractivity contribution in [2.45, 2.75) is 70.6 Å². The molecule has 0 spiro atoms. The molecule has 0 radical (unpaired) electrons. The van der Waals surface area contributed by atoms with Crippen LogP contribution in [0.3, 0.4) is 0 Å². The second-order valence-corrected chi connectivity index (χ2v) is 8.80. The summed E-state index contributed by atoms with van der Waals surface area (Å²) in [5.74, 6) is 0.728. The van der Waals surface area contributed by atoms with E-state index in [2.05, 4.69) is 34.6 Å². The Morgan fingerprint density at radius 1 is 1.18 bits per heavy atom. The molecular formula is C27H34N2O4. The molecule has 3 heterocycles. The van der Waals surface area contributed by atoms with Crippen LogP contribution in [0, 0.1) is 0 Å². The van der Waals surface area contributed by atoms with Crippen molar-refractivity contribution in [2.75, 3.05) is 13.2 Å². The third kappa shape index (κ3) is 5.74. The number of ether oxygens (including phenoxy) is 3.